The molecule has 8 nitrogen and oxygen atoms in total. The van der Waals surface area contributed by atoms with E-state index in [1.807, 2.05) is 12.1 Å². The molecule has 2 heterocycles. The molecule has 1 fully saturated rings. The Morgan fingerprint density at radius 3 is 2.48 bits per heavy atom. The van der Waals surface area contributed by atoms with Crippen LogP contribution in [0.5, 0.6) is 5.75 Å². The standard InChI is InChI=1S/C23H35N5O3/c1-23(2,3)20-15-25-21(31-20)16-27-22(24-4)26-14-19(28-10-12-30-13-11-28)17-6-8-18(29-5)9-7-17/h6-9,15,19H,10-14,16H2,1-5H3,(H2,24,26,27). The number of ether oxygens (including phenoxy) is 2. The number of oxazole rings is 1. The van der Waals surface area contributed by atoms with Crippen LogP contribution in [0.25, 0.3) is 0 Å². The molecule has 1 aromatic carbocycles. The minimum absolute atomic E-state index is 0.0606. The fourth-order valence-electron chi connectivity index (χ4n) is 3.48. The van der Waals surface area contributed by atoms with Gasteiger partial charge in [0.2, 0.25) is 5.89 Å². The van der Waals surface area contributed by atoms with Gasteiger partial charge in [0.15, 0.2) is 5.96 Å². The van der Waals surface area contributed by atoms with E-state index < -0.39 is 0 Å². The number of nitrogens with one attached hydrogen (secondary N) is 2. The zero-order valence-corrected chi connectivity index (χ0v) is 19.3. The van der Waals surface area contributed by atoms with Crippen LogP contribution < -0.4 is 15.4 Å². The monoisotopic (exact) mass is 429 g/mol. The lowest BCUT2D eigenvalue weighted by atomic mass is 9.94. The van der Waals surface area contributed by atoms with Gasteiger partial charge < -0.3 is 24.5 Å². The number of hydrogen-bond acceptors (Lipinski definition) is 6. The maximum atomic E-state index is 5.86. The van der Waals surface area contributed by atoms with Crippen molar-refractivity contribution in [1.29, 1.82) is 0 Å². The van der Waals surface area contributed by atoms with Crippen LogP contribution in [-0.2, 0) is 16.7 Å². The summed E-state index contributed by atoms with van der Waals surface area (Å²) in [6.45, 7) is 10.8. The van der Waals surface area contributed by atoms with Crippen molar-refractivity contribution in [2.75, 3.05) is 47.0 Å². The quantitative estimate of drug-likeness (QED) is 0.517. The Bertz CT molecular complexity index is 836. The molecule has 1 atom stereocenters. The van der Waals surface area contributed by atoms with Crippen LogP contribution >= 0.6 is 0 Å². The van der Waals surface area contributed by atoms with E-state index in [0.29, 0.717) is 24.9 Å². The van der Waals surface area contributed by atoms with Crippen molar-refractivity contribution >= 4 is 5.96 Å². The Kier molecular flexibility index (Phi) is 7.92. The van der Waals surface area contributed by atoms with Gasteiger partial charge in [-0.3, -0.25) is 9.89 Å². The Balaban J connectivity index is 1.62. The summed E-state index contributed by atoms with van der Waals surface area (Å²) in [5, 5.41) is 6.75. The summed E-state index contributed by atoms with van der Waals surface area (Å²) in [5.74, 6) is 3.09. The Morgan fingerprint density at radius 1 is 1.19 bits per heavy atom. The molecule has 0 radical (unpaired) electrons. The van der Waals surface area contributed by atoms with Crippen LogP contribution in [0.2, 0.25) is 0 Å². The lowest BCUT2D eigenvalue weighted by Gasteiger charge is -2.35. The first-order chi connectivity index (χ1) is 14.9. The summed E-state index contributed by atoms with van der Waals surface area (Å²) in [4.78, 5) is 11.2. The van der Waals surface area contributed by atoms with E-state index >= 15 is 0 Å². The van der Waals surface area contributed by atoms with Gasteiger partial charge >= 0.3 is 0 Å². The lowest BCUT2D eigenvalue weighted by Crippen LogP contribution is -2.46. The zero-order chi connectivity index (χ0) is 22.3. The number of aromatic nitrogens is 1. The maximum Gasteiger partial charge on any atom is 0.213 e. The van der Waals surface area contributed by atoms with Gasteiger partial charge in [-0.15, -0.1) is 0 Å². The summed E-state index contributed by atoms with van der Waals surface area (Å²) in [6.07, 6.45) is 1.80. The van der Waals surface area contributed by atoms with Gasteiger partial charge in [0.25, 0.3) is 0 Å². The topological polar surface area (TPSA) is 84.2 Å². The van der Waals surface area contributed by atoms with Gasteiger partial charge in [-0.05, 0) is 17.7 Å². The van der Waals surface area contributed by atoms with Crippen molar-refractivity contribution in [3.8, 4) is 5.75 Å². The summed E-state index contributed by atoms with van der Waals surface area (Å²) < 4.78 is 16.7. The van der Waals surface area contributed by atoms with Gasteiger partial charge in [0.05, 0.1) is 39.1 Å². The number of morpholine rings is 1. The van der Waals surface area contributed by atoms with E-state index in [9.17, 15) is 0 Å². The zero-order valence-electron chi connectivity index (χ0n) is 19.3. The van der Waals surface area contributed by atoms with Crippen molar-refractivity contribution in [3.63, 3.8) is 0 Å². The number of nitrogens with zero attached hydrogens (tertiary/aromatic N) is 3. The third-order valence-corrected chi connectivity index (χ3v) is 5.37. The highest BCUT2D eigenvalue weighted by Crippen LogP contribution is 2.24. The van der Waals surface area contributed by atoms with Gasteiger partial charge in [-0.2, -0.15) is 0 Å². The number of benzene rings is 1. The summed E-state index contributed by atoms with van der Waals surface area (Å²) in [7, 11) is 3.45. The molecular formula is C23H35N5O3. The van der Waals surface area contributed by atoms with Gasteiger partial charge in [0, 0.05) is 32.1 Å². The highest BCUT2D eigenvalue weighted by molar-refractivity contribution is 5.79. The van der Waals surface area contributed by atoms with E-state index in [0.717, 1.165) is 37.8 Å². The van der Waals surface area contributed by atoms with Crippen LogP contribution in [-0.4, -0.2) is 62.8 Å². The number of methoxy groups -OCH3 is 1. The van der Waals surface area contributed by atoms with Gasteiger partial charge in [-0.1, -0.05) is 32.9 Å². The number of aliphatic imine (C=N–C) groups is 1. The minimum atomic E-state index is -0.0606. The molecule has 0 aliphatic carbocycles. The van der Waals surface area contributed by atoms with Gasteiger partial charge in [0.1, 0.15) is 11.5 Å². The van der Waals surface area contributed by atoms with Crippen LogP contribution in [0.1, 0.15) is 44.0 Å². The highest BCUT2D eigenvalue weighted by Gasteiger charge is 2.23. The van der Waals surface area contributed by atoms with Crippen molar-refractivity contribution in [3.05, 3.63) is 47.7 Å². The highest BCUT2D eigenvalue weighted by atomic mass is 16.5. The minimum Gasteiger partial charge on any atom is -0.497 e. The van der Waals surface area contributed by atoms with Crippen molar-refractivity contribution in [2.24, 2.45) is 4.99 Å². The summed E-state index contributed by atoms with van der Waals surface area (Å²) in [6, 6.07) is 8.45. The summed E-state index contributed by atoms with van der Waals surface area (Å²) >= 11 is 0. The Morgan fingerprint density at radius 2 is 1.90 bits per heavy atom. The van der Waals surface area contributed by atoms with E-state index in [4.69, 9.17) is 13.9 Å². The molecule has 1 aromatic heterocycles. The fourth-order valence-corrected chi connectivity index (χ4v) is 3.48. The molecule has 8 heteroatoms. The molecule has 1 saturated heterocycles. The Hall–Kier alpha value is -2.58. The molecule has 0 spiro atoms. The van der Waals surface area contributed by atoms with Crippen LogP contribution in [0.4, 0.5) is 0 Å². The van der Waals surface area contributed by atoms with Crippen molar-refractivity contribution in [1.82, 2.24) is 20.5 Å². The molecular weight excluding hydrogens is 394 g/mol. The largest absolute Gasteiger partial charge is 0.497 e. The summed E-state index contributed by atoms with van der Waals surface area (Å²) in [5.41, 5.74) is 1.17. The van der Waals surface area contributed by atoms with Gasteiger partial charge in [-0.25, -0.2) is 4.98 Å². The van der Waals surface area contributed by atoms with E-state index in [1.165, 1.54) is 5.56 Å². The average Bonchev–Trinajstić information content (AvgIpc) is 3.27. The maximum absolute atomic E-state index is 5.86. The van der Waals surface area contributed by atoms with Crippen LogP contribution in [0.15, 0.2) is 39.9 Å². The lowest BCUT2D eigenvalue weighted by molar-refractivity contribution is 0.0170. The predicted octanol–water partition coefficient (Wildman–Crippen LogP) is 2.72. The molecule has 2 aromatic rings. The van der Waals surface area contributed by atoms with E-state index in [-0.39, 0.29) is 11.5 Å². The normalized spacial score (nSPS) is 16.7. The van der Waals surface area contributed by atoms with E-state index in [1.54, 1.807) is 20.4 Å². The second-order valence-electron chi connectivity index (χ2n) is 8.61. The third-order valence-electron chi connectivity index (χ3n) is 5.37. The molecule has 2 N–H and O–H groups in total. The number of guanidine groups is 1. The SMILES string of the molecule is CN=C(NCc1ncc(C(C)(C)C)o1)NCC(c1ccc(OC)cc1)N1CCOCC1. The van der Waals surface area contributed by atoms with E-state index in [2.05, 4.69) is 58.4 Å². The second kappa shape index (κ2) is 10.6. The molecule has 0 saturated carbocycles. The van der Waals surface area contributed by atoms with Crippen LogP contribution in [0, 0.1) is 0 Å². The molecule has 0 bridgehead atoms. The van der Waals surface area contributed by atoms with Crippen LogP contribution in [0.3, 0.4) is 0 Å². The third kappa shape index (κ3) is 6.45. The molecule has 1 aliphatic rings. The smallest absolute Gasteiger partial charge is 0.213 e. The molecule has 0 amide bonds. The predicted molar refractivity (Wildman–Crippen MR) is 122 cm³/mol. The molecule has 3 rings (SSSR count). The number of hydrogen-bond donors (Lipinski definition) is 2. The molecule has 1 aliphatic heterocycles. The molecule has 31 heavy (non-hydrogen) atoms. The second-order valence-corrected chi connectivity index (χ2v) is 8.61. The van der Waals surface area contributed by atoms with Crippen molar-refractivity contribution < 1.29 is 13.9 Å². The average molecular weight is 430 g/mol. The first kappa shape index (κ1) is 23.1. The number of rotatable bonds is 7. The first-order valence-electron chi connectivity index (χ1n) is 10.8. The fraction of sp³-hybridized carbons (Fsp3) is 0.565. The molecule has 170 valence electrons. The molecule has 1 unspecified atom stereocenters. The van der Waals surface area contributed by atoms with Crippen molar-refractivity contribution in [2.45, 2.75) is 38.8 Å². The first-order valence-corrected chi connectivity index (χ1v) is 10.8. The Labute approximate surface area is 185 Å².